The van der Waals surface area contributed by atoms with Crippen LogP contribution in [0.1, 0.15) is 30.8 Å². The lowest BCUT2D eigenvalue weighted by Gasteiger charge is -2.32. The third kappa shape index (κ3) is 7.20. The van der Waals surface area contributed by atoms with Gasteiger partial charge in [0.05, 0.1) is 12.3 Å². The minimum atomic E-state index is -2.35. The van der Waals surface area contributed by atoms with Crippen molar-refractivity contribution in [2.75, 3.05) is 33.4 Å². The van der Waals surface area contributed by atoms with E-state index in [0.29, 0.717) is 30.1 Å². The van der Waals surface area contributed by atoms with E-state index in [-0.39, 0.29) is 5.75 Å². The molecule has 1 aliphatic heterocycles. The van der Waals surface area contributed by atoms with E-state index in [0.717, 1.165) is 51.3 Å². The minimum absolute atomic E-state index is 0.220. The van der Waals surface area contributed by atoms with Gasteiger partial charge in [-0.1, -0.05) is 11.8 Å². The maximum absolute atomic E-state index is 12.1. The quantitative estimate of drug-likeness (QED) is 0.657. The molecule has 0 aliphatic carbocycles. The number of hydrogen-bond acceptors (Lipinski definition) is 5. The first-order chi connectivity index (χ1) is 11.2. The summed E-state index contributed by atoms with van der Waals surface area (Å²) in [5, 5.41) is 3.50. The summed E-state index contributed by atoms with van der Waals surface area (Å²) in [6, 6.07) is 4.15. The standard InChI is InChI=1S/C16H26F2N2O2S/c1-21-10-2-7-20-8-5-13(6-9-20)19-11-14-3-4-15(22-14)12-23-16(17)18/h3-4,13,16,19H,2,5-12H2,1H3. The summed E-state index contributed by atoms with van der Waals surface area (Å²) < 4.78 is 34.9. The van der Waals surface area contributed by atoms with Gasteiger partial charge < -0.3 is 19.4 Å². The average molecular weight is 348 g/mol. The molecule has 0 saturated carbocycles. The fourth-order valence-corrected chi connectivity index (χ4v) is 3.22. The van der Waals surface area contributed by atoms with Crippen molar-refractivity contribution < 1.29 is 17.9 Å². The fraction of sp³-hybridized carbons (Fsp3) is 0.750. The molecule has 1 saturated heterocycles. The number of thioether (sulfide) groups is 1. The summed E-state index contributed by atoms with van der Waals surface area (Å²) in [5.74, 6) is -0.703. The van der Waals surface area contributed by atoms with Gasteiger partial charge >= 0.3 is 0 Å². The summed E-state index contributed by atoms with van der Waals surface area (Å²) in [6.07, 6.45) is 3.34. The first kappa shape index (κ1) is 18.7. The van der Waals surface area contributed by atoms with E-state index in [1.165, 1.54) is 0 Å². The first-order valence-corrected chi connectivity index (χ1v) is 9.14. The molecule has 0 radical (unpaired) electrons. The number of methoxy groups -OCH3 is 1. The number of rotatable bonds is 10. The zero-order valence-corrected chi connectivity index (χ0v) is 14.4. The number of ether oxygens (including phenoxy) is 1. The Labute approximate surface area is 140 Å². The molecule has 7 heteroatoms. The second-order valence-electron chi connectivity index (χ2n) is 5.78. The zero-order valence-electron chi connectivity index (χ0n) is 13.6. The number of furan rings is 1. The van der Waals surface area contributed by atoms with E-state index in [9.17, 15) is 8.78 Å². The van der Waals surface area contributed by atoms with Gasteiger partial charge in [-0.2, -0.15) is 8.78 Å². The Balaban J connectivity index is 1.61. The molecule has 1 aliphatic rings. The van der Waals surface area contributed by atoms with Crippen LogP contribution in [0.2, 0.25) is 0 Å². The highest BCUT2D eigenvalue weighted by atomic mass is 32.2. The van der Waals surface area contributed by atoms with Gasteiger partial charge in [-0.05, 0) is 44.5 Å². The molecule has 1 N–H and O–H groups in total. The van der Waals surface area contributed by atoms with Gasteiger partial charge in [0.2, 0.25) is 0 Å². The van der Waals surface area contributed by atoms with Crippen molar-refractivity contribution in [3.8, 4) is 0 Å². The van der Waals surface area contributed by atoms with Crippen LogP contribution >= 0.6 is 11.8 Å². The highest BCUT2D eigenvalue weighted by Gasteiger charge is 2.18. The Hall–Kier alpha value is -0.630. The lowest BCUT2D eigenvalue weighted by Crippen LogP contribution is -2.42. The molecule has 0 amide bonds. The van der Waals surface area contributed by atoms with Crippen LogP contribution in [0.4, 0.5) is 8.78 Å². The molecule has 0 spiro atoms. The van der Waals surface area contributed by atoms with Gasteiger partial charge in [-0.3, -0.25) is 0 Å². The number of hydrogen-bond donors (Lipinski definition) is 1. The van der Waals surface area contributed by atoms with Crippen molar-refractivity contribution in [3.05, 3.63) is 23.7 Å². The Morgan fingerprint density at radius 3 is 2.78 bits per heavy atom. The Morgan fingerprint density at radius 1 is 1.35 bits per heavy atom. The summed E-state index contributed by atoms with van der Waals surface area (Å²) in [6.45, 7) is 4.80. The third-order valence-electron chi connectivity index (χ3n) is 4.04. The molecular weight excluding hydrogens is 322 g/mol. The van der Waals surface area contributed by atoms with Gasteiger partial charge in [0.1, 0.15) is 11.5 Å². The average Bonchev–Trinajstić information content (AvgIpc) is 3.00. The maximum Gasteiger partial charge on any atom is 0.284 e. The highest BCUT2D eigenvalue weighted by Crippen LogP contribution is 2.21. The molecule has 1 fully saturated rings. The Bertz CT molecular complexity index is 437. The molecule has 1 aromatic heterocycles. The predicted molar refractivity (Wildman–Crippen MR) is 88.8 cm³/mol. The van der Waals surface area contributed by atoms with Crippen LogP contribution in [-0.4, -0.2) is 50.1 Å². The SMILES string of the molecule is COCCCN1CCC(NCc2ccc(CSC(F)F)o2)CC1. The molecule has 0 unspecified atom stereocenters. The van der Waals surface area contributed by atoms with E-state index in [2.05, 4.69) is 10.2 Å². The predicted octanol–water partition coefficient (Wildman–Crippen LogP) is 3.33. The highest BCUT2D eigenvalue weighted by molar-refractivity contribution is 7.98. The largest absolute Gasteiger partial charge is 0.464 e. The smallest absolute Gasteiger partial charge is 0.284 e. The molecule has 1 aromatic rings. The van der Waals surface area contributed by atoms with Crippen LogP contribution in [0.3, 0.4) is 0 Å². The van der Waals surface area contributed by atoms with E-state index >= 15 is 0 Å². The Kier molecular flexibility index (Phi) is 8.36. The third-order valence-corrected chi connectivity index (χ3v) is 4.75. The number of nitrogens with zero attached hydrogens (tertiary/aromatic N) is 1. The number of alkyl halides is 2. The van der Waals surface area contributed by atoms with Crippen LogP contribution in [0, 0.1) is 0 Å². The molecule has 4 nitrogen and oxygen atoms in total. The molecule has 2 heterocycles. The lowest BCUT2D eigenvalue weighted by molar-refractivity contribution is 0.152. The number of nitrogens with one attached hydrogen (secondary N) is 1. The minimum Gasteiger partial charge on any atom is -0.464 e. The van der Waals surface area contributed by atoms with Crippen LogP contribution < -0.4 is 5.32 Å². The zero-order chi connectivity index (χ0) is 16.5. The van der Waals surface area contributed by atoms with E-state index in [4.69, 9.17) is 9.15 Å². The number of piperidine rings is 1. The molecule has 2 rings (SSSR count). The molecule has 132 valence electrons. The van der Waals surface area contributed by atoms with Crippen LogP contribution in [-0.2, 0) is 17.0 Å². The van der Waals surface area contributed by atoms with Crippen molar-refractivity contribution in [3.63, 3.8) is 0 Å². The number of halogens is 2. The Morgan fingerprint density at radius 2 is 2.09 bits per heavy atom. The fourth-order valence-electron chi connectivity index (χ4n) is 2.78. The van der Waals surface area contributed by atoms with E-state index in [1.807, 2.05) is 6.07 Å². The van der Waals surface area contributed by atoms with Gasteiger partial charge in [0.15, 0.2) is 0 Å². The molecule has 0 atom stereocenters. The molecular formula is C16H26F2N2O2S. The molecule has 0 aromatic carbocycles. The molecule has 0 bridgehead atoms. The molecule has 23 heavy (non-hydrogen) atoms. The maximum atomic E-state index is 12.1. The second-order valence-corrected chi connectivity index (χ2v) is 6.76. The monoisotopic (exact) mass is 348 g/mol. The van der Waals surface area contributed by atoms with Crippen molar-refractivity contribution in [1.29, 1.82) is 0 Å². The summed E-state index contributed by atoms with van der Waals surface area (Å²) in [4.78, 5) is 2.48. The van der Waals surface area contributed by atoms with Gasteiger partial charge in [0, 0.05) is 26.3 Å². The van der Waals surface area contributed by atoms with Crippen LogP contribution in [0.5, 0.6) is 0 Å². The van der Waals surface area contributed by atoms with Crippen molar-refractivity contribution in [2.45, 2.75) is 43.4 Å². The van der Waals surface area contributed by atoms with Gasteiger partial charge in [0.25, 0.3) is 5.76 Å². The number of likely N-dealkylation sites (tertiary alicyclic amines) is 1. The van der Waals surface area contributed by atoms with E-state index in [1.54, 1.807) is 13.2 Å². The normalized spacial score (nSPS) is 17.2. The summed E-state index contributed by atoms with van der Waals surface area (Å²) >= 11 is 0.590. The second kappa shape index (κ2) is 10.3. The van der Waals surface area contributed by atoms with Crippen LogP contribution in [0.15, 0.2) is 16.5 Å². The summed E-state index contributed by atoms with van der Waals surface area (Å²) in [5.41, 5.74) is 0. The summed E-state index contributed by atoms with van der Waals surface area (Å²) in [7, 11) is 1.74. The van der Waals surface area contributed by atoms with Crippen LogP contribution in [0.25, 0.3) is 0 Å². The lowest BCUT2D eigenvalue weighted by atomic mass is 10.0. The van der Waals surface area contributed by atoms with E-state index < -0.39 is 5.76 Å². The van der Waals surface area contributed by atoms with Gasteiger partial charge in [-0.15, -0.1) is 0 Å². The first-order valence-electron chi connectivity index (χ1n) is 8.09. The van der Waals surface area contributed by atoms with Crippen molar-refractivity contribution in [1.82, 2.24) is 10.2 Å². The topological polar surface area (TPSA) is 37.6 Å². The van der Waals surface area contributed by atoms with Crippen molar-refractivity contribution in [2.24, 2.45) is 0 Å². The van der Waals surface area contributed by atoms with Gasteiger partial charge in [-0.25, -0.2) is 0 Å². The van der Waals surface area contributed by atoms with Crippen molar-refractivity contribution >= 4 is 11.8 Å².